The molecular formula is C7H3ClFNOS. The van der Waals surface area contributed by atoms with Gasteiger partial charge >= 0.3 is 0 Å². The fourth-order valence-corrected chi connectivity index (χ4v) is 1.97. The number of aromatic nitrogens is 1. The summed E-state index contributed by atoms with van der Waals surface area (Å²) in [4.78, 5) is 3.72. The van der Waals surface area contributed by atoms with Gasteiger partial charge in [-0.05, 0) is 12.1 Å². The molecule has 1 heterocycles. The summed E-state index contributed by atoms with van der Waals surface area (Å²) in [7, 11) is 0. The molecular weight excluding hydrogens is 201 g/mol. The quantitative estimate of drug-likeness (QED) is 0.714. The van der Waals surface area contributed by atoms with E-state index in [4.69, 9.17) is 11.6 Å². The van der Waals surface area contributed by atoms with E-state index in [1.165, 1.54) is 6.07 Å². The van der Waals surface area contributed by atoms with Crippen molar-refractivity contribution in [1.82, 2.24) is 4.98 Å². The molecule has 0 fully saturated rings. The monoisotopic (exact) mass is 203 g/mol. The van der Waals surface area contributed by atoms with Crippen molar-refractivity contribution in [3.05, 3.63) is 22.4 Å². The number of phenols is 1. The van der Waals surface area contributed by atoms with E-state index in [1.807, 2.05) is 0 Å². The Kier molecular flexibility index (Phi) is 1.66. The van der Waals surface area contributed by atoms with Crippen molar-refractivity contribution >= 4 is 33.2 Å². The van der Waals surface area contributed by atoms with E-state index in [9.17, 15) is 9.50 Å². The molecule has 5 heteroatoms. The first kappa shape index (κ1) is 7.76. The second-order valence-electron chi connectivity index (χ2n) is 2.21. The highest BCUT2D eigenvalue weighted by Gasteiger charge is 2.10. The molecule has 0 unspecified atom stereocenters. The molecule has 0 radical (unpaired) electrons. The molecule has 1 aromatic carbocycles. The molecule has 62 valence electrons. The zero-order valence-corrected chi connectivity index (χ0v) is 7.29. The van der Waals surface area contributed by atoms with Crippen LogP contribution >= 0.6 is 22.9 Å². The van der Waals surface area contributed by atoms with Gasteiger partial charge in [-0.15, -0.1) is 0 Å². The number of halogens is 2. The van der Waals surface area contributed by atoms with E-state index in [1.54, 1.807) is 0 Å². The van der Waals surface area contributed by atoms with Gasteiger partial charge in [0.05, 0.1) is 0 Å². The van der Waals surface area contributed by atoms with Gasteiger partial charge in [0.15, 0.2) is 10.3 Å². The van der Waals surface area contributed by atoms with E-state index < -0.39 is 5.82 Å². The topological polar surface area (TPSA) is 33.1 Å². The van der Waals surface area contributed by atoms with Crippen molar-refractivity contribution in [3.8, 4) is 5.75 Å². The first-order valence-electron chi connectivity index (χ1n) is 3.12. The Bertz CT molecular complexity index is 403. The standard InChI is InChI=1S/C7H3ClFNOS/c8-7-10-5-3(9)1-2-4(11)6(5)12-7/h1-2,11H. The molecule has 0 amide bonds. The minimum absolute atomic E-state index is 0.0100. The molecule has 0 atom stereocenters. The Morgan fingerprint density at radius 2 is 2.25 bits per heavy atom. The second kappa shape index (κ2) is 2.57. The summed E-state index contributed by atoms with van der Waals surface area (Å²) in [6.07, 6.45) is 0. The Morgan fingerprint density at radius 1 is 1.50 bits per heavy atom. The van der Waals surface area contributed by atoms with Gasteiger partial charge < -0.3 is 5.11 Å². The van der Waals surface area contributed by atoms with Gasteiger partial charge in [-0.25, -0.2) is 9.37 Å². The molecule has 2 aromatic rings. The van der Waals surface area contributed by atoms with Crippen LogP contribution in [0.2, 0.25) is 4.47 Å². The van der Waals surface area contributed by atoms with Crippen LogP contribution in [0.1, 0.15) is 0 Å². The maximum absolute atomic E-state index is 13.0. The average molecular weight is 204 g/mol. The van der Waals surface area contributed by atoms with Gasteiger partial charge in [-0.2, -0.15) is 0 Å². The molecule has 0 saturated carbocycles. The lowest BCUT2D eigenvalue weighted by molar-refractivity contribution is 0.481. The average Bonchev–Trinajstić information content (AvgIpc) is 2.41. The maximum Gasteiger partial charge on any atom is 0.184 e. The largest absolute Gasteiger partial charge is 0.506 e. The minimum Gasteiger partial charge on any atom is -0.506 e. The van der Waals surface area contributed by atoms with Gasteiger partial charge in [0.2, 0.25) is 0 Å². The summed E-state index contributed by atoms with van der Waals surface area (Å²) in [5.41, 5.74) is 0.130. The summed E-state index contributed by atoms with van der Waals surface area (Å²) in [5.74, 6) is -0.457. The lowest BCUT2D eigenvalue weighted by atomic mass is 10.3. The van der Waals surface area contributed by atoms with Crippen molar-refractivity contribution in [2.24, 2.45) is 0 Å². The molecule has 0 aliphatic carbocycles. The van der Waals surface area contributed by atoms with Gasteiger partial charge in [-0.3, -0.25) is 0 Å². The van der Waals surface area contributed by atoms with Gasteiger partial charge in [0.1, 0.15) is 16.0 Å². The SMILES string of the molecule is Oc1ccc(F)c2nc(Cl)sc12. The summed E-state index contributed by atoms with van der Waals surface area (Å²) in [6, 6.07) is 2.44. The molecule has 2 rings (SSSR count). The van der Waals surface area contributed by atoms with Crippen LogP contribution in [-0.2, 0) is 0 Å². The smallest absolute Gasteiger partial charge is 0.184 e. The number of hydrogen-bond acceptors (Lipinski definition) is 3. The lowest BCUT2D eigenvalue weighted by Gasteiger charge is -1.92. The summed E-state index contributed by atoms with van der Waals surface area (Å²) in [6.45, 7) is 0. The predicted molar refractivity (Wildman–Crippen MR) is 46.3 cm³/mol. The van der Waals surface area contributed by atoms with E-state index in [0.717, 1.165) is 17.4 Å². The van der Waals surface area contributed by atoms with Crippen molar-refractivity contribution < 1.29 is 9.50 Å². The Labute approximate surface area is 76.2 Å². The summed E-state index contributed by atoms with van der Waals surface area (Å²) < 4.78 is 13.6. The summed E-state index contributed by atoms with van der Waals surface area (Å²) in [5, 5.41) is 9.25. The number of phenolic OH excluding ortho intramolecular Hbond substituents is 1. The molecule has 12 heavy (non-hydrogen) atoms. The normalized spacial score (nSPS) is 10.8. The second-order valence-corrected chi connectivity index (χ2v) is 3.79. The van der Waals surface area contributed by atoms with E-state index >= 15 is 0 Å². The fourth-order valence-electron chi connectivity index (χ4n) is 0.936. The molecule has 1 aromatic heterocycles. The summed E-state index contributed by atoms with van der Waals surface area (Å²) >= 11 is 6.61. The van der Waals surface area contributed by atoms with E-state index in [2.05, 4.69) is 4.98 Å². The Morgan fingerprint density at radius 3 is 2.92 bits per heavy atom. The Balaban J connectivity index is 2.93. The molecule has 0 spiro atoms. The Hall–Kier alpha value is -0.870. The third-order valence-corrected chi connectivity index (χ3v) is 2.63. The third-order valence-electron chi connectivity index (χ3n) is 1.45. The van der Waals surface area contributed by atoms with Crippen LogP contribution in [0, 0.1) is 5.82 Å². The van der Waals surface area contributed by atoms with Gasteiger partial charge in [0, 0.05) is 0 Å². The highest BCUT2D eigenvalue weighted by Crippen LogP contribution is 2.33. The first-order chi connectivity index (χ1) is 5.68. The number of rotatable bonds is 0. The van der Waals surface area contributed by atoms with Gasteiger partial charge in [-0.1, -0.05) is 22.9 Å². The van der Waals surface area contributed by atoms with Crippen molar-refractivity contribution in [2.45, 2.75) is 0 Å². The molecule has 2 nitrogen and oxygen atoms in total. The maximum atomic E-state index is 13.0. The van der Waals surface area contributed by atoms with Crippen LogP contribution in [0.5, 0.6) is 5.75 Å². The molecule has 0 bridgehead atoms. The van der Waals surface area contributed by atoms with E-state index in [-0.39, 0.29) is 15.7 Å². The predicted octanol–water partition coefficient (Wildman–Crippen LogP) is 2.79. The fraction of sp³-hybridized carbons (Fsp3) is 0. The molecule has 0 aliphatic heterocycles. The van der Waals surface area contributed by atoms with Crippen LogP contribution in [0.3, 0.4) is 0 Å². The number of benzene rings is 1. The highest BCUT2D eigenvalue weighted by atomic mass is 35.5. The molecule has 0 aliphatic rings. The zero-order valence-electron chi connectivity index (χ0n) is 5.71. The van der Waals surface area contributed by atoms with Crippen LogP contribution in [0.25, 0.3) is 10.2 Å². The molecule has 1 N–H and O–H groups in total. The molecule has 0 saturated heterocycles. The van der Waals surface area contributed by atoms with E-state index in [0.29, 0.717) is 4.70 Å². The van der Waals surface area contributed by atoms with Crippen LogP contribution in [-0.4, -0.2) is 10.1 Å². The first-order valence-corrected chi connectivity index (χ1v) is 4.31. The number of aromatic hydroxyl groups is 1. The lowest BCUT2D eigenvalue weighted by Crippen LogP contribution is -1.76. The van der Waals surface area contributed by atoms with Crippen molar-refractivity contribution in [1.29, 1.82) is 0 Å². The van der Waals surface area contributed by atoms with Gasteiger partial charge in [0.25, 0.3) is 0 Å². The third kappa shape index (κ3) is 1.04. The zero-order chi connectivity index (χ0) is 8.72. The number of fused-ring (bicyclic) bond motifs is 1. The van der Waals surface area contributed by atoms with Crippen LogP contribution < -0.4 is 0 Å². The number of hydrogen-bond donors (Lipinski definition) is 1. The number of thiazole rings is 1. The minimum atomic E-state index is -0.467. The number of nitrogens with zero attached hydrogens (tertiary/aromatic N) is 1. The van der Waals surface area contributed by atoms with Crippen molar-refractivity contribution in [3.63, 3.8) is 0 Å². The van der Waals surface area contributed by atoms with Crippen LogP contribution in [0.15, 0.2) is 12.1 Å². The van der Waals surface area contributed by atoms with Crippen LogP contribution in [0.4, 0.5) is 4.39 Å². The highest BCUT2D eigenvalue weighted by molar-refractivity contribution is 7.22. The van der Waals surface area contributed by atoms with Crippen molar-refractivity contribution in [2.75, 3.05) is 0 Å².